The van der Waals surface area contributed by atoms with Gasteiger partial charge < -0.3 is 0 Å². The minimum atomic E-state index is -0.287. The van der Waals surface area contributed by atoms with Gasteiger partial charge in [0.15, 0.2) is 0 Å². The fraction of sp³-hybridized carbons (Fsp3) is 0.0625. The van der Waals surface area contributed by atoms with Crippen LogP contribution >= 0.6 is 15.9 Å². The molecule has 1 heteroatoms. The number of hydrogen-bond donors (Lipinski definition) is 0. The summed E-state index contributed by atoms with van der Waals surface area (Å²) in [4.78, 5) is 0. The Bertz CT molecular complexity index is 1710. The Morgan fingerprint density at radius 2 is 0.970 bits per heavy atom. The molecule has 0 atom stereocenters. The van der Waals surface area contributed by atoms with E-state index in [0.29, 0.717) is 0 Å². The first kappa shape index (κ1) is 18.1. The molecule has 6 aromatic rings. The van der Waals surface area contributed by atoms with Crippen LogP contribution in [0, 0.1) is 0 Å². The summed E-state index contributed by atoms with van der Waals surface area (Å²) in [7, 11) is 0. The molecular weight excluding hydrogens is 464 g/mol. The zero-order valence-corrected chi connectivity index (χ0v) is 19.5. The summed E-state index contributed by atoms with van der Waals surface area (Å²) in [6.45, 7) is 0. The van der Waals surface area contributed by atoms with E-state index >= 15 is 0 Å². The third-order valence-electron chi connectivity index (χ3n) is 7.92. The number of hydrogen-bond acceptors (Lipinski definition) is 0. The summed E-state index contributed by atoms with van der Waals surface area (Å²) in [5.74, 6) is 0. The molecule has 0 radical (unpaired) electrons. The second-order valence-electron chi connectivity index (χ2n) is 9.43. The monoisotopic (exact) mass is 482 g/mol. The largest absolute Gasteiger partial charge is 0.0726 e. The van der Waals surface area contributed by atoms with E-state index in [1.54, 1.807) is 0 Å². The van der Waals surface area contributed by atoms with Crippen molar-refractivity contribution < 1.29 is 0 Å². The lowest BCUT2D eigenvalue weighted by molar-refractivity contribution is 0.733. The molecule has 2 aliphatic carbocycles. The van der Waals surface area contributed by atoms with Gasteiger partial charge in [-0.05, 0) is 84.3 Å². The molecule has 0 aliphatic heterocycles. The smallest absolute Gasteiger partial charge is 0.0613 e. The Labute approximate surface area is 200 Å². The van der Waals surface area contributed by atoms with E-state index in [1.807, 2.05) is 0 Å². The third kappa shape index (κ3) is 2.08. The van der Waals surface area contributed by atoms with Crippen LogP contribution in [0.2, 0.25) is 0 Å². The highest BCUT2D eigenvalue weighted by molar-refractivity contribution is 9.10. The minimum absolute atomic E-state index is 0.287. The summed E-state index contributed by atoms with van der Waals surface area (Å²) < 4.78 is 1.14. The highest BCUT2D eigenvalue weighted by Gasteiger charge is 2.50. The maximum Gasteiger partial charge on any atom is 0.0726 e. The number of halogens is 1. The minimum Gasteiger partial charge on any atom is -0.0613 e. The van der Waals surface area contributed by atoms with Gasteiger partial charge in [-0.2, -0.15) is 0 Å². The average molecular weight is 483 g/mol. The van der Waals surface area contributed by atoms with Crippen molar-refractivity contribution in [2.45, 2.75) is 11.8 Å². The Morgan fingerprint density at radius 3 is 1.55 bits per heavy atom. The van der Waals surface area contributed by atoms with Gasteiger partial charge in [-0.15, -0.1) is 0 Å². The van der Waals surface area contributed by atoms with Gasteiger partial charge in [-0.3, -0.25) is 0 Å². The third-order valence-corrected chi connectivity index (χ3v) is 8.38. The van der Waals surface area contributed by atoms with Crippen molar-refractivity contribution in [1.82, 2.24) is 0 Å². The molecule has 2 aliphatic rings. The lowest BCUT2D eigenvalue weighted by atomic mass is 9.54. The van der Waals surface area contributed by atoms with Crippen LogP contribution in [0.25, 0.3) is 32.3 Å². The molecule has 0 fully saturated rings. The standard InChI is InChI=1S/C32H19Br/c33-24-17-23-12-5-15-27-31(23)28(18-24)32(27)25-13-3-8-19-6-1-10-21(29(19)25)16-22-11-2-7-20-9-4-14-26(32)30(20)22/h1-15,17-18H,16H2. The van der Waals surface area contributed by atoms with E-state index in [-0.39, 0.29) is 5.41 Å². The predicted octanol–water partition coefficient (Wildman–Crippen LogP) is 8.51. The van der Waals surface area contributed by atoms with Crippen molar-refractivity contribution in [3.8, 4) is 0 Å². The van der Waals surface area contributed by atoms with Crippen molar-refractivity contribution in [3.63, 3.8) is 0 Å². The van der Waals surface area contributed by atoms with Crippen molar-refractivity contribution >= 4 is 48.2 Å². The van der Waals surface area contributed by atoms with Crippen molar-refractivity contribution in [2.24, 2.45) is 0 Å². The normalized spacial score (nSPS) is 14.9. The highest BCUT2D eigenvalue weighted by Crippen LogP contribution is 2.60. The quantitative estimate of drug-likeness (QED) is 0.203. The Morgan fingerprint density at radius 1 is 0.485 bits per heavy atom. The molecule has 0 nitrogen and oxygen atoms in total. The van der Waals surface area contributed by atoms with E-state index in [9.17, 15) is 0 Å². The van der Waals surface area contributed by atoms with Crippen LogP contribution in [-0.2, 0) is 11.8 Å². The molecule has 0 aromatic heterocycles. The number of rotatable bonds is 0. The SMILES string of the molecule is Brc1cc2c3c(cccc3c1)C21c2cccc3cccc(c23)Cc2cccc3cccc1c23. The Balaban J connectivity index is 1.68. The lowest BCUT2D eigenvalue weighted by Crippen LogP contribution is -2.39. The lowest BCUT2D eigenvalue weighted by Gasteiger charge is -2.47. The van der Waals surface area contributed by atoms with Crippen LogP contribution in [0.3, 0.4) is 0 Å². The van der Waals surface area contributed by atoms with Gasteiger partial charge in [0, 0.05) is 4.47 Å². The first-order valence-corrected chi connectivity index (χ1v) is 12.3. The van der Waals surface area contributed by atoms with Crippen LogP contribution in [0.15, 0.2) is 108 Å². The summed E-state index contributed by atoms with van der Waals surface area (Å²) in [5.41, 5.74) is 8.21. The van der Waals surface area contributed by atoms with Gasteiger partial charge >= 0.3 is 0 Å². The zero-order chi connectivity index (χ0) is 21.7. The molecule has 33 heavy (non-hydrogen) atoms. The second kappa shape index (κ2) is 6.12. The summed E-state index contributed by atoms with van der Waals surface area (Å²) in [5, 5.41) is 8.19. The van der Waals surface area contributed by atoms with E-state index in [0.717, 1.165) is 10.9 Å². The molecule has 0 heterocycles. The van der Waals surface area contributed by atoms with Gasteiger partial charge in [0.05, 0.1) is 5.41 Å². The van der Waals surface area contributed by atoms with Gasteiger partial charge in [-0.1, -0.05) is 107 Å². The molecule has 6 aromatic carbocycles. The van der Waals surface area contributed by atoms with E-state index in [2.05, 4.69) is 119 Å². The molecule has 0 saturated heterocycles. The Kier molecular flexibility index (Phi) is 3.35. The molecule has 0 bridgehead atoms. The summed E-state index contributed by atoms with van der Waals surface area (Å²) >= 11 is 3.83. The van der Waals surface area contributed by atoms with E-state index < -0.39 is 0 Å². The fourth-order valence-electron chi connectivity index (χ4n) is 6.77. The van der Waals surface area contributed by atoms with Gasteiger partial charge in [0.25, 0.3) is 0 Å². The molecule has 0 amide bonds. The maximum atomic E-state index is 3.83. The van der Waals surface area contributed by atoms with Gasteiger partial charge in [0.1, 0.15) is 0 Å². The molecular formula is C32H19Br. The summed E-state index contributed by atoms with van der Waals surface area (Å²) in [6.07, 6.45) is 0.953. The number of benzene rings is 6. The van der Waals surface area contributed by atoms with E-state index in [4.69, 9.17) is 0 Å². The van der Waals surface area contributed by atoms with Crippen LogP contribution in [0.5, 0.6) is 0 Å². The molecule has 1 spiro atoms. The molecule has 0 N–H and O–H groups in total. The first-order valence-electron chi connectivity index (χ1n) is 11.5. The average Bonchev–Trinajstić information content (AvgIpc) is 2.83. The van der Waals surface area contributed by atoms with Crippen molar-refractivity contribution in [2.75, 3.05) is 0 Å². The van der Waals surface area contributed by atoms with Crippen LogP contribution in [0.4, 0.5) is 0 Å². The molecule has 0 saturated carbocycles. The van der Waals surface area contributed by atoms with Gasteiger partial charge in [-0.25, -0.2) is 0 Å². The fourth-order valence-corrected chi connectivity index (χ4v) is 7.25. The summed E-state index contributed by atoms with van der Waals surface area (Å²) in [6, 6.07) is 38.8. The molecule has 0 unspecified atom stereocenters. The Hall–Kier alpha value is -3.42. The predicted molar refractivity (Wildman–Crippen MR) is 141 cm³/mol. The van der Waals surface area contributed by atoms with Crippen molar-refractivity contribution in [1.29, 1.82) is 0 Å². The highest BCUT2D eigenvalue weighted by atomic mass is 79.9. The second-order valence-corrected chi connectivity index (χ2v) is 10.3. The molecule has 154 valence electrons. The molecule has 8 rings (SSSR count). The van der Waals surface area contributed by atoms with Crippen LogP contribution in [0.1, 0.15) is 33.4 Å². The first-order chi connectivity index (χ1) is 16.3. The van der Waals surface area contributed by atoms with Gasteiger partial charge in [0.2, 0.25) is 0 Å². The maximum absolute atomic E-state index is 3.83. The van der Waals surface area contributed by atoms with E-state index in [1.165, 1.54) is 65.7 Å². The van der Waals surface area contributed by atoms with Crippen molar-refractivity contribution in [3.05, 3.63) is 141 Å². The topological polar surface area (TPSA) is 0 Å². The van der Waals surface area contributed by atoms with Crippen LogP contribution in [-0.4, -0.2) is 0 Å². The zero-order valence-electron chi connectivity index (χ0n) is 17.9. The van der Waals surface area contributed by atoms with Crippen LogP contribution < -0.4 is 0 Å². The number of fused-ring (bicyclic) bond motifs is 4.